The molecule has 0 unspecified atom stereocenters. The number of methoxy groups -OCH3 is 1. The van der Waals surface area contributed by atoms with Crippen molar-refractivity contribution in [2.45, 2.75) is 27.2 Å². The SMILES string of the molecule is COc1cc(C)ccc1OCCC(C)(C)C(N)=S. The average Bonchev–Trinajstić information content (AvgIpc) is 2.30. The molecule has 100 valence electrons. The van der Waals surface area contributed by atoms with E-state index in [1.165, 1.54) is 0 Å². The van der Waals surface area contributed by atoms with Crippen molar-refractivity contribution < 1.29 is 9.47 Å². The molecule has 2 N–H and O–H groups in total. The van der Waals surface area contributed by atoms with E-state index < -0.39 is 0 Å². The first-order valence-corrected chi connectivity index (χ1v) is 6.35. The molecule has 0 radical (unpaired) electrons. The molecule has 0 aliphatic heterocycles. The van der Waals surface area contributed by atoms with Crippen molar-refractivity contribution in [1.82, 2.24) is 0 Å². The Morgan fingerprint density at radius 2 is 2.00 bits per heavy atom. The van der Waals surface area contributed by atoms with Crippen molar-refractivity contribution in [2.24, 2.45) is 11.1 Å². The monoisotopic (exact) mass is 267 g/mol. The molecule has 3 nitrogen and oxygen atoms in total. The molecule has 0 aliphatic carbocycles. The summed E-state index contributed by atoms with van der Waals surface area (Å²) in [6.07, 6.45) is 0.777. The number of rotatable bonds is 6. The van der Waals surface area contributed by atoms with Gasteiger partial charge in [-0.05, 0) is 31.0 Å². The molecule has 0 amide bonds. The highest BCUT2D eigenvalue weighted by Gasteiger charge is 2.21. The van der Waals surface area contributed by atoms with Crippen molar-refractivity contribution in [1.29, 1.82) is 0 Å². The van der Waals surface area contributed by atoms with Gasteiger partial charge in [-0.3, -0.25) is 0 Å². The van der Waals surface area contributed by atoms with E-state index in [1.54, 1.807) is 7.11 Å². The second-order valence-electron chi connectivity index (χ2n) is 5.00. The van der Waals surface area contributed by atoms with Crippen molar-refractivity contribution in [3.05, 3.63) is 23.8 Å². The van der Waals surface area contributed by atoms with Crippen LogP contribution in [0.1, 0.15) is 25.8 Å². The molecule has 0 aromatic heterocycles. The second kappa shape index (κ2) is 6.05. The molecule has 0 fully saturated rings. The highest BCUT2D eigenvalue weighted by molar-refractivity contribution is 7.80. The summed E-state index contributed by atoms with van der Waals surface area (Å²) in [5.74, 6) is 1.50. The van der Waals surface area contributed by atoms with Crippen LogP contribution >= 0.6 is 12.2 Å². The maximum absolute atomic E-state index is 5.73. The molecule has 18 heavy (non-hydrogen) atoms. The normalized spacial score (nSPS) is 11.1. The van der Waals surface area contributed by atoms with E-state index in [4.69, 9.17) is 27.4 Å². The Hall–Kier alpha value is -1.29. The van der Waals surface area contributed by atoms with E-state index >= 15 is 0 Å². The highest BCUT2D eigenvalue weighted by atomic mass is 32.1. The van der Waals surface area contributed by atoms with Crippen LogP contribution in [0.15, 0.2) is 18.2 Å². The quantitative estimate of drug-likeness (QED) is 0.804. The number of benzene rings is 1. The van der Waals surface area contributed by atoms with Crippen molar-refractivity contribution in [3.63, 3.8) is 0 Å². The smallest absolute Gasteiger partial charge is 0.161 e. The van der Waals surface area contributed by atoms with Crippen LogP contribution in [0.3, 0.4) is 0 Å². The first-order valence-electron chi connectivity index (χ1n) is 5.94. The van der Waals surface area contributed by atoms with Gasteiger partial charge in [-0.15, -0.1) is 0 Å². The molecule has 1 aromatic carbocycles. The van der Waals surface area contributed by atoms with Crippen LogP contribution in [0.5, 0.6) is 11.5 Å². The maximum Gasteiger partial charge on any atom is 0.161 e. The predicted octanol–water partition coefficient (Wildman–Crippen LogP) is 3.08. The van der Waals surface area contributed by atoms with Gasteiger partial charge in [0.2, 0.25) is 0 Å². The molecule has 0 saturated carbocycles. The van der Waals surface area contributed by atoms with Crippen molar-refractivity contribution >= 4 is 17.2 Å². The lowest BCUT2D eigenvalue weighted by molar-refractivity contribution is 0.257. The largest absolute Gasteiger partial charge is 0.493 e. The molecule has 0 spiro atoms. The third kappa shape index (κ3) is 3.88. The number of hydrogen-bond donors (Lipinski definition) is 1. The Balaban J connectivity index is 2.62. The Morgan fingerprint density at radius 1 is 1.33 bits per heavy atom. The van der Waals surface area contributed by atoms with Gasteiger partial charge >= 0.3 is 0 Å². The van der Waals surface area contributed by atoms with Crippen LogP contribution in [0.25, 0.3) is 0 Å². The van der Waals surface area contributed by atoms with E-state index in [-0.39, 0.29) is 5.41 Å². The van der Waals surface area contributed by atoms with Gasteiger partial charge in [0.1, 0.15) is 0 Å². The average molecular weight is 267 g/mol. The molecule has 1 rings (SSSR count). The summed E-state index contributed by atoms with van der Waals surface area (Å²) in [7, 11) is 1.64. The Labute approximate surface area is 114 Å². The minimum atomic E-state index is -0.187. The third-order valence-corrected chi connectivity index (χ3v) is 3.52. The lowest BCUT2D eigenvalue weighted by atomic mass is 9.90. The van der Waals surface area contributed by atoms with Gasteiger partial charge < -0.3 is 15.2 Å². The van der Waals surface area contributed by atoms with Crippen LogP contribution in [0, 0.1) is 12.3 Å². The van der Waals surface area contributed by atoms with Gasteiger partial charge in [0.05, 0.1) is 18.7 Å². The Bertz CT molecular complexity index is 430. The fourth-order valence-electron chi connectivity index (χ4n) is 1.43. The van der Waals surface area contributed by atoms with Crippen LogP contribution in [-0.4, -0.2) is 18.7 Å². The van der Waals surface area contributed by atoms with Gasteiger partial charge in [0, 0.05) is 5.41 Å². The zero-order chi connectivity index (χ0) is 13.8. The highest BCUT2D eigenvalue weighted by Crippen LogP contribution is 2.29. The third-order valence-electron chi connectivity index (χ3n) is 2.97. The van der Waals surface area contributed by atoms with Crippen molar-refractivity contribution in [2.75, 3.05) is 13.7 Å². The lowest BCUT2D eigenvalue weighted by Gasteiger charge is -2.23. The van der Waals surface area contributed by atoms with Crippen LogP contribution < -0.4 is 15.2 Å². The molecular weight excluding hydrogens is 246 g/mol. The van der Waals surface area contributed by atoms with E-state index in [1.807, 2.05) is 39.0 Å². The second-order valence-corrected chi connectivity index (χ2v) is 5.44. The van der Waals surface area contributed by atoms with Gasteiger partial charge in [-0.1, -0.05) is 32.1 Å². The molecule has 0 bridgehead atoms. The standard InChI is InChI=1S/C14H21NO2S/c1-10-5-6-11(12(9-10)16-4)17-8-7-14(2,3)13(15)18/h5-6,9H,7-8H2,1-4H3,(H2,15,18). The molecule has 0 heterocycles. The fourth-order valence-corrected chi connectivity index (χ4v) is 1.54. The molecule has 4 heteroatoms. The first-order chi connectivity index (χ1) is 8.36. The summed E-state index contributed by atoms with van der Waals surface area (Å²) in [6.45, 7) is 6.61. The van der Waals surface area contributed by atoms with E-state index in [0.29, 0.717) is 11.6 Å². The van der Waals surface area contributed by atoms with Gasteiger partial charge in [-0.25, -0.2) is 0 Å². The first kappa shape index (κ1) is 14.8. The Kier molecular flexibility index (Phi) is 4.96. The summed E-state index contributed by atoms with van der Waals surface area (Å²) in [6, 6.07) is 5.87. The topological polar surface area (TPSA) is 44.5 Å². The summed E-state index contributed by atoms with van der Waals surface area (Å²) >= 11 is 5.02. The predicted molar refractivity (Wildman–Crippen MR) is 78.4 cm³/mol. The van der Waals surface area contributed by atoms with E-state index in [2.05, 4.69) is 0 Å². The fraction of sp³-hybridized carbons (Fsp3) is 0.500. The summed E-state index contributed by atoms with van der Waals surface area (Å²) in [4.78, 5) is 0.516. The van der Waals surface area contributed by atoms with Crippen LogP contribution in [0.4, 0.5) is 0 Å². The van der Waals surface area contributed by atoms with Crippen LogP contribution in [0.2, 0.25) is 0 Å². The zero-order valence-corrected chi connectivity index (χ0v) is 12.3. The number of nitrogens with two attached hydrogens (primary N) is 1. The van der Waals surface area contributed by atoms with Gasteiger partial charge in [0.25, 0.3) is 0 Å². The summed E-state index contributed by atoms with van der Waals surface area (Å²) < 4.78 is 11.0. The minimum Gasteiger partial charge on any atom is -0.493 e. The van der Waals surface area contributed by atoms with Crippen LogP contribution in [-0.2, 0) is 0 Å². The number of thiocarbonyl (C=S) groups is 1. The molecule has 1 aromatic rings. The number of aryl methyl sites for hydroxylation is 1. The molecular formula is C14H21NO2S. The van der Waals surface area contributed by atoms with Gasteiger partial charge in [-0.2, -0.15) is 0 Å². The van der Waals surface area contributed by atoms with E-state index in [9.17, 15) is 0 Å². The lowest BCUT2D eigenvalue weighted by Crippen LogP contribution is -2.31. The maximum atomic E-state index is 5.73. The molecule has 0 atom stereocenters. The molecule has 0 aliphatic rings. The zero-order valence-electron chi connectivity index (χ0n) is 11.4. The van der Waals surface area contributed by atoms with Gasteiger partial charge in [0.15, 0.2) is 11.5 Å². The summed E-state index contributed by atoms with van der Waals surface area (Å²) in [5, 5.41) is 0. The molecule has 0 saturated heterocycles. The minimum absolute atomic E-state index is 0.187. The number of ether oxygens (including phenoxy) is 2. The van der Waals surface area contributed by atoms with Crippen molar-refractivity contribution in [3.8, 4) is 11.5 Å². The Morgan fingerprint density at radius 3 is 2.56 bits per heavy atom. The summed E-state index contributed by atoms with van der Waals surface area (Å²) in [5.41, 5.74) is 6.63. The number of hydrogen-bond acceptors (Lipinski definition) is 3. The van der Waals surface area contributed by atoms with E-state index in [0.717, 1.165) is 23.5 Å².